The van der Waals surface area contributed by atoms with Crippen molar-refractivity contribution < 1.29 is 28.7 Å². The Morgan fingerprint density at radius 2 is 1.38 bits per heavy atom. The summed E-state index contributed by atoms with van der Waals surface area (Å²) in [6.45, 7) is 24.6. The molecule has 9 heteroatoms. The summed E-state index contributed by atoms with van der Waals surface area (Å²) in [5, 5.41) is 0. The van der Waals surface area contributed by atoms with E-state index in [2.05, 4.69) is 68.9 Å². The van der Waals surface area contributed by atoms with Crippen molar-refractivity contribution in [3.05, 3.63) is 101 Å². The van der Waals surface area contributed by atoms with Crippen LogP contribution in [-0.2, 0) is 14.3 Å². The van der Waals surface area contributed by atoms with Crippen molar-refractivity contribution >= 4 is 23.4 Å². The molecule has 4 aromatic rings. The predicted octanol–water partition coefficient (Wildman–Crippen LogP) is 14.4. The lowest BCUT2D eigenvalue weighted by Crippen LogP contribution is -2.44. The molecule has 2 fully saturated rings. The van der Waals surface area contributed by atoms with E-state index in [1.807, 2.05) is 65.3 Å². The van der Waals surface area contributed by atoms with E-state index in [1.165, 1.54) is 99.5 Å². The van der Waals surface area contributed by atoms with Crippen LogP contribution in [-0.4, -0.2) is 64.1 Å². The number of amides is 2. The topological polar surface area (TPSA) is 116 Å². The van der Waals surface area contributed by atoms with Crippen molar-refractivity contribution in [2.24, 2.45) is 11.8 Å². The minimum atomic E-state index is -0.874. The van der Waals surface area contributed by atoms with E-state index in [4.69, 9.17) is 9.47 Å². The van der Waals surface area contributed by atoms with Crippen molar-refractivity contribution in [2.45, 2.75) is 179 Å². The molecule has 0 spiro atoms. The summed E-state index contributed by atoms with van der Waals surface area (Å²) >= 11 is 0. The van der Waals surface area contributed by atoms with Crippen LogP contribution in [0.3, 0.4) is 0 Å². The largest absolute Gasteiger partial charge is 0.474 e. The number of carbonyl (C=O) groups excluding carboxylic acids is 4. The van der Waals surface area contributed by atoms with Gasteiger partial charge in [0.1, 0.15) is 11.9 Å². The number of nitrogens with zero attached hydrogens (tertiary/aromatic N) is 3. The Morgan fingerprint density at radius 3 is 1.88 bits per heavy atom. The van der Waals surface area contributed by atoms with E-state index in [0.29, 0.717) is 17.2 Å². The van der Waals surface area contributed by atoms with Crippen molar-refractivity contribution in [3.63, 3.8) is 0 Å². The van der Waals surface area contributed by atoms with Gasteiger partial charge in [0.25, 0.3) is 11.8 Å². The number of hydrogen-bond acceptors (Lipinski definition) is 8. The molecule has 2 amide bonds. The Balaban J connectivity index is 0.000000326. The van der Waals surface area contributed by atoms with Crippen LogP contribution < -0.4 is 4.74 Å². The zero-order chi connectivity index (χ0) is 49.2. The van der Waals surface area contributed by atoms with Gasteiger partial charge in [0.15, 0.2) is 5.78 Å². The number of carbonyl (C=O) groups is 4. The number of unbranched alkanes of at least 4 members (excludes halogenated alkanes) is 3. The van der Waals surface area contributed by atoms with Gasteiger partial charge in [-0.05, 0) is 138 Å². The molecule has 0 saturated heterocycles. The Bertz CT molecular complexity index is 2060. The quantitative estimate of drug-likeness (QED) is 0.0760. The number of ether oxygens (including phenoxy) is 2. The standard InChI is InChI=1S/C22H22N2O.C16H17NO4.C8H16.C7H16O.2C2H6/c1-15-10-11-23-14-21(15)20-8-6-17(12-16(20)2)18-7-9-22(24-13-18)25-19-4-3-5-19;1-9-4-6-12-13(8-9)16(21)17(15(12)20)14(11(3)19)7-5-10(2)18;1-3-7(4-2)8-5-6-8;1-3-4-5-6-7-8-2;2*1-2/h6-14,19H,3-5H2,1-2H3;4,6,8,14H,5,7H2,1-3H3;7-8H,3-6H2,1-2H3;3-7H2,1-2H3;2*1-2H3. The average Bonchev–Trinajstić information content (AvgIpc) is 4.12. The third kappa shape index (κ3) is 18.0. The average molecular weight is 906 g/mol. The van der Waals surface area contributed by atoms with Crippen molar-refractivity contribution in [1.29, 1.82) is 0 Å². The minimum Gasteiger partial charge on any atom is -0.474 e. The molecule has 2 aromatic carbocycles. The first-order chi connectivity index (χ1) is 31.8. The second kappa shape index (κ2) is 31.0. The molecule has 0 N–H and O–H groups in total. The zero-order valence-corrected chi connectivity index (χ0v) is 42.9. The van der Waals surface area contributed by atoms with Crippen molar-refractivity contribution in [1.82, 2.24) is 14.9 Å². The van der Waals surface area contributed by atoms with Gasteiger partial charge in [-0.15, -0.1) is 0 Å². The van der Waals surface area contributed by atoms with Crippen LogP contribution in [0.4, 0.5) is 0 Å². The SMILES string of the molecule is CC.CC.CC(=O)CCC(C(C)=O)N1C(=O)c2ccc(C)cc2C1=O.CCC(CC)C1CC1.CCCCCCOC.Cc1cc(-c2ccc(OC3CCC3)nc2)ccc1-c1cnccc1C. The summed E-state index contributed by atoms with van der Waals surface area (Å²) in [7, 11) is 1.76. The molecule has 2 aromatic heterocycles. The van der Waals surface area contributed by atoms with E-state index in [1.54, 1.807) is 25.3 Å². The van der Waals surface area contributed by atoms with Gasteiger partial charge in [0.2, 0.25) is 5.88 Å². The highest BCUT2D eigenvalue weighted by Gasteiger charge is 2.41. The lowest BCUT2D eigenvalue weighted by atomic mass is 9.95. The monoisotopic (exact) mass is 906 g/mol. The molecule has 9 nitrogen and oxygen atoms in total. The lowest BCUT2D eigenvalue weighted by molar-refractivity contribution is -0.121. The molecule has 3 aliphatic rings. The second-order valence-electron chi connectivity index (χ2n) is 17.1. The highest BCUT2D eigenvalue weighted by atomic mass is 16.5. The molecule has 1 atom stereocenters. The minimum absolute atomic E-state index is 0.0753. The number of hydrogen-bond donors (Lipinski definition) is 0. The normalized spacial score (nSPS) is 13.9. The van der Waals surface area contributed by atoms with Crippen LogP contribution in [0.5, 0.6) is 5.88 Å². The number of Topliss-reactive ketones (excluding diaryl/α,β-unsaturated/α-hetero) is 2. The van der Waals surface area contributed by atoms with Crippen molar-refractivity contribution in [3.8, 4) is 28.1 Å². The number of benzene rings is 2. The molecule has 0 bridgehead atoms. The summed E-state index contributed by atoms with van der Waals surface area (Å²) in [6, 6.07) is 16.8. The molecular weight excluding hydrogens is 823 g/mol. The number of pyridine rings is 2. The van der Waals surface area contributed by atoms with E-state index >= 15 is 0 Å². The molecule has 0 radical (unpaired) electrons. The van der Waals surface area contributed by atoms with Crippen LogP contribution >= 0.6 is 0 Å². The van der Waals surface area contributed by atoms with Crippen LogP contribution in [0.1, 0.15) is 183 Å². The molecule has 66 heavy (non-hydrogen) atoms. The fourth-order valence-corrected chi connectivity index (χ4v) is 7.88. The first-order valence-electron chi connectivity index (χ1n) is 24.9. The van der Waals surface area contributed by atoms with E-state index < -0.39 is 17.9 Å². The van der Waals surface area contributed by atoms with Gasteiger partial charge >= 0.3 is 0 Å². The predicted molar refractivity (Wildman–Crippen MR) is 272 cm³/mol. The van der Waals surface area contributed by atoms with E-state index in [0.717, 1.165) is 53.2 Å². The molecular formula is C57H83N3O6. The molecule has 1 unspecified atom stereocenters. The van der Waals surface area contributed by atoms with Crippen molar-refractivity contribution in [2.75, 3.05) is 13.7 Å². The Labute approximate surface area is 398 Å². The number of aryl methyl sites for hydroxylation is 3. The maximum absolute atomic E-state index is 12.4. The molecule has 362 valence electrons. The lowest BCUT2D eigenvalue weighted by Gasteiger charge is -2.25. The molecule has 7 rings (SSSR count). The Kier molecular flexibility index (Phi) is 26.9. The summed E-state index contributed by atoms with van der Waals surface area (Å²) in [5.41, 5.74) is 8.70. The maximum Gasteiger partial charge on any atom is 0.262 e. The maximum atomic E-state index is 12.4. The number of fused-ring (bicyclic) bond motifs is 1. The first kappa shape index (κ1) is 57.1. The number of imide groups is 1. The number of aromatic nitrogens is 2. The number of methoxy groups -OCH3 is 1. The third-order valence-corrected chi connectivity index (χ3v) is 12.1. The molecule has 2 aliphatic carbocycles. The van der Waals surface area contributed by atoms with Crippen LogP contribution in [0.15, 0.2) is 73.2 Å². The molecule has 1 aliphatic heterocycles. The van der Waals surface area contributed by atoms with Gasteiger partial charge in [-0.1, -0.05) is 110 Å². The summed E-state index contributed by atoms with van der Waals surface area (Å²) in [6.07, 6.45) is 21.0. The fraction of sp³-hybridized carbons (Fsp3) is 0.544. The summed E-state index contributed by atoms with van der Waals surface area (Å²) < 4.78 is 10.7. The van der Waals surface area contributed by atoms with Gasteiger partial charge in [0.05, 0.1) is 17.2 Å². The van der Waals surface area contributed by atoms with E-state index in [9.17, 15) is 19.2 Å². The van der Waals surface area contributed by atoms with Gasteiger partial charge in [0, 0.05) is 55.9 Å². The summed E-state index contributed by atoms with van der Waals surface area (Å²) in [5.74, 6) is 1.64. The number of ketones is 2. The van der Waals surface area contributed by atoms with Gasteiger partial charge in [-0.3, -0.25) is 24.3 Å². The Hall–Kier alpha value is -5.02. The van der Waals surface area contributed by atoms with Crippen LogP contribution in [0.25, 0.3) is 22.3 Å². The smallest absolute Gasteiger partial charge is 0.262 e. The highest BCUT2D eigenvalue weighted by molar-refractivity contribution is 6.23. The van der Waals surface area contributed by atoms with E-state index in [-0.39, 0.29) is 24.4 Å². The van der Waals surface area contributed by atoms with Gasteiger partial charge < -0.3 is 14.3 Å². The summed E-state index contributed by atoms with van der Waals surface area (Å²) in [4.78, 5) is 57.4. The fourth-order valence-electron chi connectivity index (χ4n) is 7.88. The van der Waals surface area contributed by atoms with Crippen LogP contribution in [0, 0.1) is 32.6 Å². The molecule has 2 saturated carbocycles. The zero-order valence-electron chi connectivity index (χ0n) is 42.9. The molecule has 3 heterocycles. The van der Waals surface area contributed by atoms with Gasteiger partial charge in [-0.2, -0.15) is 0 Å². The third-order valence-electron chi connectivity index (χ3n) is 12.1. The Morgan fingerprint density at radius 1 is 0.727 bits per heavy atom. The second-order valence-corrected chi connectivity index (χ2v) is 17.1. The van der Waals surface area contributed by atoms with Gasteiger partial charge in [-0.25, -0.2) is 4.98 Å². The highest BCUT2D eigenvalue weighted by Crippen LogP contribution is 2.40. The first-order valence-corrected chi connectivity index (χ1v) is 24.9. The number of rotatable bonds is 17. The van der Waals surface area contributed by atoms with Crippen LogP contribution in [0.2, 0.25) is 0 Å².